The lowest BCUT2D eigenvalue weighted by Gasteiger charge is -2.36. The van der Waals surface area contributed by atoms with Gasteiger partial charge in [-0.1, -0.05) is 60.1 Å². The maximum Gasteiger partial charge on any atom is 0.306 e. The van der Waals surface area contributed by atoms with Crippen molar-refractivity contribution in [1.82, 2.24) is 0 Å². The lowest BCUT2D eigenvalue weighted by atomic mass is 10.2. The summed E-state index contributed by atoms with van der Waals surface area (Å²) < 4.78 is 31.1. The molecule has 0 spiro atoms. The maximum atomic E-state index is 12.6. The first kappa shape index (κ1) is 17.1. The predicted molar refractivity (Wildman–Crippen MR) is 92.8 cm³/mol. The molecule has 0 unspecified atom stereocenters. The quantitative estimate of drug-likeness (QED) is 0.778. The van der Waals surface area contributed by atoms with Gasteiger partial charge in [0.25, 0.3) is 0 Å². The van der Waals surface area contributed by atoms with Gasteiger partial charge in [0.1, 0.15) is 0 Å². The second-order valence-corrected chi connectivity index (χ2v) is 10.2. The molecule has 0 aliphatic rings. The van der Waals surface area contributed by atoms with Crippen LogP contribution in [0.15, 0.2) is 64.4 Å². The van der Waals surface area contributed by atoms with Crippen LogP contribution in [0.5, 0.6) is 0 Å². The summed E-state index contributed by atoms with van der Waals surface area (Å²) in [7, 11) is -5.62. The van der Waals surface area contributed by atoms with Crippen LogP contribution >= 0.6 is 10.3 Å². The van der Waals surface area contributed by atoms with Crippen molar-refractivity contribution in [2.24, 2.45) is 0 Å². The van der Waals surface area contributed by atoms with E-state index in [1.165, 1.54) is 0 Å². The maximum absolute atomic E-state index is 12.6. The van der Waals surface area contributed by atoms with Gasteiger partial charge in [-0.2, -0.15) is 8.42 Å². The fraction of sp³-hybridized carbons (Fsp3) is 0.294. The first-order chi connectivity index (χ1) is 10.4. The first-order valence-electron chi connectivity index (χ1n) is 7.30. The molecule has 3 nitrogen and oxygen atoms in total. The summed E-state index contributed by atoms with van der Waals surface area (Å²) in [5.74, 6) is 1.33. The molecule has 120 valence electrons. The molecule has 0 aromatic heterocycles. The summed E-state index contributed by atoms with van der Waals surface area (Å²) in [6, 6.07) is 16.4. The molecule has 0 aliphatic carbocycles. The molecule has 0 atom stereocenters. The highest BCUT2D eigenvalue weighted by molar-refractivity contribution is 8.33. The van der Waals surface area contributed by atoms with Gasteiger partial charge in [0, 0.05) is 16.4 Å². The highest BCUT2D eigenvalue weighted by Gasteiger charge is 2.31. The molecule has 0 amide bonds. The van der Waals surface area contributed by atoms with Gasteiger partial charge in [0.15, 0.2) is 0 Å². The standard InChI is InChI=1S/C17H22O3S2/c1-4-21(5-2,16-9-7-6-8-10-16)20-22(18,19)17-13-11-15(3)12-14-17/h6-14H,4-5H2,1-3H3. The van der Waals surface area contributed by atoms with Gasteiger partial charge < -0.3 is 0 Å². The summed E-state index contributed by atoms with van der Waals surface area (Å²) in [6.45, 7) is 5.89. The zero-order chi connectivity index (χ0) is 16.2. The number of rotatable bonds is 6. The molecule has 5 heteroatoms. The van der Waals surface area contributed by atoms with Crippen molar-refractivity contribution in [2.75, 3.05) is 11.5 Å². The predicted octanol–water partition coefficient (Wildman–Crippen LogP) is 4.52. The van der Waals surface area contributed by atoms with Crippen molar-refractivity contribution >= 4 is 20.4 Å². The molecule has 2 aromatic rings. The lowest BCUT2D eigenvalue weighted by molar-refractivity contribution is 0.509. The highest BCUT2D eigenvalue weighted by atomic mass is 32.3. The number of hydrogen-bond donors (Lipinski definition) is 0. The molecule has 0 saturated heterocycles. The molecule has 0 aliphatic heterocycles. The zero-order valence-corrected chi connectivity index (χ0v) is 14.8. The van der Waals surface area contributed by atoms with E-state index < -0.39 is 20.4 Å². The van der Waals surface area contributed by atoms with E-state index in [1.807, 2.05) is 51.1 Å². The monoisotopic (exact) mass is 338 g/mol. The van der Waals surface area contributed by atoms with Gasteiger partial charge >= 0.3 is 10.1 Å². The Bertz CT molecular complexity index is 703. The van der Waals surface area contributed by atoms with E-state index in [9.17, 15) is 8.42 Å². The van der Waals surface area contributed by atoms with Crippen LogP contribution in [0, 0.1) is 6.92 Å². The minimum atomic E-state index is -3.77. The van der Waals surface area contributed by atoms with Crippen LogP contribution in [0.2, 0.25) is 0 Å². The Morgan fingerprint density at radius 3 is 1.86 bits per heavy atom. The molecule has 0 heterocycles. The molecule has 2 aromatic carbocycles. The third kappa shape index (κ3) is 3.54. The van der Waals surface area contributed by atoms with Crippen molar-refractivity contribution in [2.45, 2.75) is 30.6 Å². The Morgan fingerprint density at radius 2 is 1.36 bits per heavy atom. The van der Waals surface area contributed by atoms with Gasteiger partial charge in [-0.3, -0.25) is 0 Å². The molecule has 0 bridgehead atoms. The minimum absolute atomic E-state index is 0.216. The van der Waals surface area contributed by atoms with E-state index in [-0.39, 0.29) is 4.90 Å². The van der Waals surface area contributed by atoms with Gasteiger partial charge in [0.05, 0.1) is 4.90 Å². The lowest BCUT2D eigenvalue weighted by Crippen LogP contribution is -2.16. The molecule has 0 fully saturated rings. The third-order valence-electron chi connectivity index (χ3n) is 3.63. The average Bonchev–Trinajstić information content (AvgIpc) is 2.54. The van der Waals surface area contributed by atoms with Crippen LogP contribution in [-0.2, 0) is 13.7 Å². The summed E-state index contributed by atoms with van der Waals surface area (Å²) in [6.07, 6.45) is 0. The second-order valence-electron chi connectivity index (χ2n) is 5.04. The van der Waals surface area contributed by atoms with Crippen molar-refractivity contribution in [3.63, 3.8) is 0 Å². The fourth-order valence-corrected chi connectivity index (χ4v) is 7.22. The SMILES string of the molecule is CCS(CC)(OS(=O)(=O)c1ccc(C)cc1)c1ccccc1. The van der Waals surface area contributed by atoms with Crippen LogP contribution in [0.3, 0.4) is 0 Å². The fourth-order valence-electron chi connectivity index (χ4n) is 2.26. The van der Waals surface area contributed by atoms with E-state index in [0.717, 1.165) is 10.5 Å². The largest absolute Gasteiger partial charge is 0.306 e. The summed E-state index contributed by atoms with van der Waals surface area (Å²) in [5.41, 5.74) is 1.02. The summed E-state index contributed by atoms with van der Waals surface area (Å²) in [4.78, 5) is 1.18. The first-order valence-corrected chi connectivity index (χ1v) is 10.6. The molecule has 0 saturated carbocycles. The van der Waals surface area contributed by atoms with Crippen molar-refractivity contribution in [3.05, 3.63) is 60.2 Å². The molecule has 2 rings (SSSR count). The van der Waals surface area contributed by atoms with Gasteiger partial charge in [-0.25, -0.2) is 3.63 Å². The van der Waals surface area contributed by atoms with E-state index >= 15 is 0 Å². The normalized spacial score (nSPS) is 13.0. The molecule has 22 heavy (non-hydrogen) atoms. The van der Waals surface area contributed by atoms with Crippen LogP contribution in [0.4, 0.5) is 0 Å². The minimum Gasteiger partial charge on any atom is -0.212 e. The molecule has 0 radical (unpaired) electrons. The van der Waals surface area contributed by atoms with Crippen LogP contribution < -0.4 is 0 Å². The Morgan fingerprint density at radius 1 is 0.818 bits per heavy atom. The number of benzene rings is 2. The molecular formula is C17H22O3S2. The van der Waals surface area contributed by atoms with Crippen molar-refractivity contribution in [3.8, 4) is 0 Å². The van der Waals surface area contributed by atoms with E-state index in [4.69, 9.17) is 3.63 Å². The van der Waals surface area contributed by atoms with E-state index in [1.54, 1.807) is 24.3 Å². The Kier molecular flexibility index (Phi) is 5.32. The summed E-state index contributed by atoms with van der Waals surface area (Å²) >= 11 is 0. The topological polar surface area (TPSA) is 43.4 Å². The van der Waals surface area contributed by atoms with Gasteiger partial charge in [-0.05, 0) is 31.2 Å². The smallest absolute Gasteiger partial charge is 0.212 e. The Labute approximate surface area is 135 Å². The van der Waals surface area contributed by atoms with E-state index in [0.29, 0.717) is 11.5 Å². The Hall–Kier alpha value is -1.30. The van der Waals surface area contributed by atoms with E-state index in [2.05, 4.69) is 0 Å². The number of aryl methyl sites for hydroxylation is 1. The second kappa shape index (κ2) is 6.86. The van der Waals surface area contributed by atoms with Crippen molar-refractivity contribution < 1.29 is 12.0 Å². The molecule has 0 N–H and O–H groups in total. The van der Waals surface area contributed by atoms with Crippen LogP contribution in [0.1, 0.15) is 19.4 Å². The summed E-state index contributed by atoms with van der Waals surface area (Å²) in [5, 5.41) is 0. The van der Waals surface area contributed by atoms with Crippen LogP contribution in [0.25, 0.3) is 0 Å². The number of hydrogen-bond acceptors (Lipinski definition) is 3. The third-order valence-corrected chi connectivity index (χ3v) is 9.24. The Balaban J connectivity index is 2.41. The average molecular weight is 338 g/mol. The van der Waals surface area contributed by atoms with Crippen molar-refractivity contribution in [1.29, 1.82) is 0 Å². The molecular weight excluding hydrogens is 316 g/mol. The highest BCUT2D eigenvalue weighted by Crippen LogP contribution is 2.57. The zero-order valence-electron chi connectivity index (χ0n) is 13.2. The van der Waals surface area contributed by atoms with Crippen LogP contribution in [-0.4, -0.2) is 19.9 Å². The van der Waals surface area contributed by atoms with Gasteiger partial charge in [-0.15, -0.1) is 0 Å². The van der Waals surface area contributed by atoms with Gasteiger partial charge in [0.2, 0.25) is 0 Å².